The fraction of sp³-hybridized carbons (Fsp3) is 0.364. The molecule has 2 aliphatic heterocycles. The van der Waals surface area contributed by atoms with Crippen molar-refractivity contribution < 1.29 is 4.74 Å². The highest BCUT2D eigenvalue weighted by Crippen LogP contribution is 2.39. The van der Waals surface area contributed by atoms with E-state index in [4.69, 9.17) is 4.74 Å². The Bertz CT molecular complexity index is 361. The van der Waals surface area contributed by atoms with Crippen LogP contribution in [-0.4, -0.2) is 25.0 Å². The van der Waals surface area contributed by atoms with E-state index in [0.29, 0.717) is 0 Å². The lowest BCUT2D eigenvalue weighted by molar-refractivity contribution is 0.398. The molecule has 0 saturated carbocycles. The summed E-state index contributed by atoms with van der Waals surface area (Å²) in [7, 11) is 0. The monoisotopic (exact) mass is 188 g/mol. The van der Waals surface area contributed by atoms with E-state index < -0.39 is 0 Å². The molecule has 0 amide bonds. The maximum absolute atomic E-state index is 5.59. The van der Waals surface area contributed by atoms with Crippen molar-refractivity contribution in [2.75, 3.05) is 13.1 Å². The molecule has 72 valence electrons. The Kier molecular flexibility index (Phi) is 1.77. The van der Waals surface area contributed by atoms with Crippen LogP contribution in [-0.2, 0) is 4.74 Å². The zero-order valence-corrected chi connectivity index (χ0v) is 7.81. The molecule has 0 radical (unpaired) electrons. The average Bonchev–Trinajstić information content (AvgIpc) is 2.87. The number of epoxide rings is 1. The van der Waals surface area contributed by atoms with Crippen LogP contribution in [0.1, 0.15) is 11.7 Å². The zero-order chi connectivity index (χ0) is 9.38. The largest absolute Gasteiger partial charge is 0.370 e. The first-order valence-corrected chi connectivity index (χ1v) is 4.94. The SMILES string of the molecule is c1ccc([C@@H]2O[C@@H]2C2=NCCN2)cc1. The number of ether oxygens (including phenoxy) is 1. The van der Waals surface area contributed by atoms with Gasteiger partial charge in [-0.15, -0.1) is 0 Å². The number of aliphatic imine (C=N–C) groups is 1. The fourth-order valence-corrected chi connectivity index (χ4v) is 1.82. The molecule has 3 rings (SSSR count). The third-order valence-corrected chi connectivity index (χ3v) is 2.59. The molecule has 14 heavy (non-hydrogen) atoms. The smallest absolute Gasteiger partial charge is 0.146 e. The number of amidine groups is 1. The lowest BCUT2D eigenvalue weighted by Gasteiger charge is -1.96. The second kappa shape index (κ2) is 3.10. The molecule has 0 spiro atoms. The molecule has 1 aromatic carbocycles. The number of nitrogens with one attached hydrogen (secondary N) is 1. The van der Waals surface area contributed by atoms with E-state index in [-0.39, 0.29) is 12.2 Å². The molecule has 3 nitrogen and oxygen atoms in total. The van der Waals surface area contributed by atoms with Gasteiger partial charge in [-0.25, -0.2) is 0 Å². The summed E-state index contributed by atoms with van der Waals surface area (Å²) in [5.41, 5.74) is 1.24. The highest BCUT2D eigenvalue weighted by atomic mass is 16.6. The molecule has 3 heteroatoms. The Labute approximate surface area is 82.8 Å². The number of rotatable bonds is 2. The Morgan fingerprint density at radius 1 is 1.21 bits per heavy atom. The Morgan fingerprint density at radius 2 is 2.07 bits per heavy atom. The van der Waals surface area contributed by atoms with Crippen LogP contribution in [0.4, 0.5) is 0 Å². The van der Waals surface area contributed by atoms with Crippen LogP contribution >= 0.6 is 0 Å². The average molecular weight is 188 g/mol. The number of hydrogen-bond donors (Lipinski definition) is 1. The zero-order valence-electron chi connectivity index (χ0n) is 7.81. The van der Waals surface area contributed by atoms with E-state index in [1.54, 1.807) is 0 Å². The maximum atomic E-state index is 5.59. The summed E-state index contributed by atoms with van der Waals surface area (Å²) in [6.07, 6.45) is 0.403. The van der Waals surface area contributed by atoms with Crippen LogP contribution in [0.5, 0.6) is 0 Å². The Hall–Kier alpha value is -1.35. The van der Waals surface area contributed by atoms with E-state index in [1.807, 2.05) is 18.2 Å². The molecule has 1 saturated heterocycles. The maximum Gasteiger partial charge on any atom is 0.146 e. The second-order valence-electron chi connectivity index (χ2n) is 3.58. The van der Waals surface area contributed by atoms with Crippen LogP contribution in [0, 0.1) is 0 Å². The third kappa shape index (κ3) is 1.30. The summed E-state index contributed by atoms with van der Waals surface area (Å²) < 4.78 is 5.59. The van der Waals surface area contributed by atoms with Gasteiger partial charge < -0.3 is 10.1 Å². The van der Waals surface area contributed by atoms with Crippen LogP contribution in [0.25, 0.3) is 0 Å². The summed E-state index contributed by atoms with van der Waals surface area (Å²) in [4.78, 5) is 4.35. The van der Waals surface area contributed by atoms with E-state index in [0.717, 1.165) is 18.9 Å². The van der Waals surface area contributed by atoms with Gasteiger partial charge in [0.2, 0.25) is 0 Å². The molecule has 2 atom stereocenters. The summed E-state index contributed by atoms with van der Waals surface area (Å²) in [5.74, 6) is 1.03. The quantitative estimate of drug-likeness (QED) is 0.706. The van der Waals surface area contributed by atoms with Gasteiger partial charge in [-0.3, -0.25) is 4.99 Å². The Balaban J connectivity index is 1.74. The highest BCUT2D eigenvalue weighted by Gasteiger charge is 2.44. The van der Waals surface area contributed by atoms with Crippen LogP contribution in [0.2, 0.25) is 0 Å². The molecule has 2 aliphatic rings. The van der Waals surface area contributed by atoms with Crippen molar-refractivity contribution in [2.24, 2.45) is 4.99 Å². The molecular weight excluding hydrogens is 176 g/mol. The lowest BCUT2D eigenvalue weighted by atomic mass is 10.1. The summed E-state index contributed by atoms with van der Waals surface area (Å²) in [6.45, 7) is 1.84. The van der Waals surface area contributed by atoms with Gasteiger partial charge in [0, 0.05) is 6.54 Å². The van der Waals surface area contributed by atoms with E-state index in [9.17, 15) is 0 Å². The van der Waals surface area contributed by atoms with Gasteiger partial charge in [-0.05, 0) is 5.56 Å². The van der Waals surface area contributed by atoms with Crippen LogP contribution in [0.3, 0.4) is 0 Å². The van der Waals surface area contributed by atoms with Crippen molar-refractivity contribution in [1.29, 1.82) is 0 Å². The number of benzene rings is 1. The summed E-state index contributed by atoms with van der Waals surface area (Å²) in [5, 5.41) is 3.24. The first-order valence-electron chi connectivity index (χ1n) is 4.94. The summed E-state index contributed by atoms with van der Waals surface area (Å²) >= 11 is 0. The Morgan fingerprint density at radius 3 is 2.79 bits per heavy atom. The number of nitrogens with zero attached hydrogens (tertiary/aromatic N) is 1. The van der Waals surface area contributed by atoms with Gasteiger partial charge in [0.15, 0.2) is 0 Å². The molecule has 1 fully saturated rings. The molecular formula is C11H12N2O. The van der Waals surface area contributed by atoms with Crippen molar-refractivity contribution in [3.63, 3.8) is 0 Å². The van der Waals surface area contributed by atoms with E-state index in [1.165, 1.54) is 5.56 Å². The standard InChI is InChI=1S/C11H12N2O/c1-2-4-8(5-3-1)9-10(14-9)11-12-6-7-13-11/h1-5,9-10H,6-7H2,(H,12,13)/t9-,10-/m0/s1. The predicted octanol–water partition coefficient (Wildman–Crippen LogP) is 1.13. The van der Waals surface area contributed by atoms with Gasteiger partial charge in [-0.2, -0.15) is 0 Å². The molecule has 1 N–H and O–H groups in total. The molecule has 0 bridgehead atoms. The third-order valence-electron chi connectivity index (χ3n) is 2.59. The van der Waals surface area contributed by atoms with Crippen molar-refractivity contribution in [3.05, 3.63) is 35.9 Å². The topological polar surface area (TPSA) is 36.9 Å². The van der Waals surface area contributed by atoms with Gasteiger partial charge in [-0.1, -0.05) is 30.3 Å². The minimum absolute atomic E-state index is 0.180. The lowest BCUT2D eigenvalue weighted by Crippen LogP contribution is -2.23. The van der Waals surface area contributed by atoms with Gasteiger partial charge in [0.05, 0.1) is 6.54 Å². The van der Waals surface area contributed by atoms with Crippen molar-refractivity contribution in [2.45, 2.75) is 12.2 Å². The number of hydrogen-bond acceptors (Lipinski definition) is 3. The van der Waals surface area contributed by atoms with E-state index in [2.05, 4.69) is 22.4 Å². The van der Waals surface area contributed by atoms with Gasteiger partial charge in [0.25, 0.3) is 0 Å². The van der Waals surface area contributed by atoms with Crippen molar-refractivity contribution in [3.8, 4) is 0 Å². The predicted molar refractivity (Wildman–Crippen MR) is 54.4 cm³/mol. The van der Waals surface area contributed by atoms with Crippen molar-refractivity contribution in [1.82, 2.24) is 5.32 Å². The minimum atomic E-state index is 0.180. The van der Waals surface area contributed by atoms with E-state index >= 15 is 0 Å². The first-order chi connectivity index (χ1) is 6.95. The van der Waals surface area contributed by atoms with Crippen LogP contribution in [0.15, 0.2) is 35.3 Å². The molecule has 0 aliphatic carbocycles. The minimum Gasteiger partial charge on any atom is -0.370 e. The fourth-order valence-electron chi connectivity index (χ4n) is 1.82. The molecule has 1 aromatic rings. The van der Waals surface area contributed by atoms with Gasteiger partial charge in [0.1, 0.15) is 18.0 Å². The van der Waals surface area contributed by atoms with Crippen LogP contribution < -0.4 is 5.32 Å². The summed E-state index contributed by atoms with van der Waals surface area (Å²) in [6, 6.07) is 10.3. The molecule has 2 heterocycles. The first kappa shape index (κ1) is 8.00. The highest BCUT2D eigenvalue weighted by molar-refractivity contribution is 5.90. The van der Waals surface area contributed by atoms with Crippen molar-refractivity contribution >= 4 is 5.84 Å². The second-order valence-corrected chi connectivity index (χ2v) is 3.58. The normalized spacial score (nSPS) is 29.6. The molecule has 0 aromatic heterocycles. The van der Waals surface area contributed by atoms with Gasteiger partial charge >= 0.3 is 0 Å². The molecule has 0 unspecified atom stereocenters.